The molecular formula is C19H23NO8S. The molecule has 0 amide bonds. The molecule has 2 aromatic rings. The first-order valence-electron chi connectivity index (χ1n) is 8.88. The van der Waals surface area contributed by atoms with E-state index in [1.807, 2.05) is 0 Å². The van der Waals surface area contributed by atoms with Crippen molar-refractivity contribution in [1.82, 2.24) is 4.72 Å². The lowest BCUT2D eigenvalue weighted by atomic mass is 9.99. The Kier molecular flexibility index (Phi) is 6.54. The molecule has 5 N–H and O–H groups in total. The molecule has 5 unspecified atom stereocenters. The first-order chi connectivity index (χ1) is 13.8. The Morgan fingerprint density at radius 3 is 2.28 bits per heavy atom. The molecule has 158 valence electrons. The second-order valence-corrected chi connectivity index (χ2v) is 8.40. The SMILES string of the molecule is CNS(=O)(=O)c1ccccc1-c1ccc(OC2OC(CO)C(O)C(O)C2O)cc1. The molecule has 1 aliphatic rings. The van der Waals surface area contributed by atoms with Crippen LogP contribution < -0.4 is 9.46 Å². The number of hydrogen-bond acceptors (Lipinski definition) is 8. The van der Waals surface area contributed by atoms with E-state index in [-0.39, 0.29) is 10.6 Å². The molecule has 5 atom stereocenters. The van der Waals surface area contributed by atoms with Crippen molar-refractivity contribution < 1.29 is 38.3 Å². The van der Waals surface area contributed by atoms with Crippen LogP contribution in [0.5, 0.6) is 5.75 Å². The predicted octanol–water partition coefficient (Wildman–Crippen LogP) is -0.560. The van der Waals surface area contributed by atoms with E-state index in [2.05, 4.69) is 4.72 Å². The highest BCUT2D eigenvalue weighted by Crippen LogP contribution is 2.30. The maximum atomic E-state index is 12.2. The molecule has 0 bridgehead atoms. The Morgan fingerprint density at radius 1 is 1.00 bits per heavy atom. The molecule has 1 heterocycles. The van der Waals surface area contributed by atoms with Crippen molar-refractivity contribution in [3.8, 4) is 16.9 Å². The van der Waals surface area contributed by atoms with Gasteiger partial charge >= 0.3 is 0 Å². The standard InChI is InChI=1S/C19H23NO8S/c1-20-29(25,26)15-5-3-2-4-13(15)11-6-8-12(9-7-11)27-19-18(24)17(23)16(22)14(10-21)28-19/h2-9,14,16-24H,10H2,1H3. The van der Waals surface area contributed by atoms with Crippen molar-refractivity contribution in [3.63, 3.8) is 0 Å². The number of benzene rings is 2. The van der Waals surface area contributed by atoms with Crippen molar-refractivity contribution in [1.29, 1.82) is 0 Å². The fraction of sp³-hybridized carbons (Fsp3) is 0.368. The second-order valence-electron chi connectivity index (χ2n) is 6.54. The summed E-state index contributed by atoms with van der Waals surface area (Å²) in [6, 6.07) is 12.9. The number of ether oxygens (including phenoxy) is 2. The molecule has 1 fully saturated rings. The van der Waals surface area contributed by atoms with Gasteiger partial charge in [-0.1, -0.05) is 30.3 Å². The molecule has 1 saturated heterocycles. The zero-order valence-electron chi connectivity index (χ0n) is 15.5. The van der Waals surface area contributed by atoms with Gasteiger partial charge in [0.1, 0.15) is 30.2 Å². The van der Waals surface area contributed by atoms with Gasteiger partial charge in [-0.2, -0.15) is 0 Å². The van der Waals surface area contributed by atoms with Gasteiger partial charge in [0.05, 0.1) is 11.5 Å². The van der Waals surface area contributed by atoms with E-state index in [1.54, 1.807) is 42.5 Å². The Bertz CT molecular complexity index is 931. The quantitative estimate of drug-likeness (QED) is 0.414. The number of aliphatic hydroxyl groups excluding tert-OH is 4. The normalized spacial score (nSPS) is 27.6. The third kappa shape index (κ3) is 4.43. The van der Waals surface area contributed by atoms with Crippen LogP contribution in [0.25, 0.3) is 11.1 Å². The van der Waals surface area contributed by atoms with Crippen LogP contribution in [0.15, 0.2) is 53.4 Å². The van der Waals surface area contributed by atoms with Crippen molar-refractivity contribution in [3.05, 3.63) is 48.5 Å². The molecule has 2 aromatic carbocycles. The van der Waals surface area contributed by atoms with Crippen LogP contribution in [0.2, 0.25) is 0 Å². The number of hydrogen-bond donors (Lipinski definition) is 5. The molecule has 0 spiro atoms. The van der Waals surface area contributed by atoms with Crippen molar-refractivity contribution in [2.45, 2.75) is 35.6 Å². The molecule has 0 aromatic heterocycles. The van der Waals surface area contributed by atoms with E-state index < -0.39 is 47.3 Å². The molecule has 0 aliphatic carbocycles. The minimum absolute atomic E-state index is 0.130. The lowest BCUT2D eigenvalue weighted by molar-refractivity contribution is -0.277. The zero-order chi connectivity index (χ0) is 21.2. The van der Waals surface area contributed by atoms with E-state index in [0.717, 1.165) is 0 Å². The lowest BCUT2D eigenvalue weighted by Gasteiger charge is -2.39. The highest BCUT2D eigenvalue weighted by molar-refractivity contribution is 7.89. The van der Waals surface area contributed by atoms with Crippen molar-refractivity contribution >= 4 is 10.0 Å². The lowest BCUT2D eigenvalue weighted by Crippen LogP contribution is -2.60. The van der Waals surface area contributed by atoms with E-state index in [1.165, 1.54) is 13.1 Å². The molecule has 10 heteroatoms. The molecular weight excluding hydrogens is 402 g/mol. The van der Waals surface area contributed by atoms with Gasteiger partial charge in [0, 0.05) is 5.56 Å². The number of sulfonamides is 1. The summed E-state index contributed by atoms with van der Waals surface area (Å²) in [5.41, 5.74) is 1.13. The molecule has 29 heavy (non-hydrogen) atoms. The summed E-state index contributed by atoms with van der Waals surface area (Å²) in [5, 5.41) is 38.9. The summed E-state index contributed by atoms with van der Waals surface area (Å²) in [7, 11) is -2.31. The van der Waals surface area contributed by atoms with Crippen molar-refractivity contribution in [2.75, 3.05) is 13.7 Å². The Labute approximate surface area is 168 Å². The maximum absolute atomic E-state index is 12.2. The van der Waals surface area contributed by atoms with Crippen molar-refractivity contribution in [2.24, 2.45) is 0 Å². The highest BCUT2D eigenvalue weighted by atomic mass is 32.2. The fourth-order valence-corrected chi connectivity index (χ4v) is 4.01. The van der Waals surface area contributed by atoms with E-state index in [0.29, 0.717) is 11.1 Å². The van der Waals surface area contributed by atoms with Gasteiger partial charge in [-0.05, 0) is 30.8 Å². The summed E-state index contributed by atoms with van der Waals surface area (Å²) in [6.45, 7) is -0.555. The molecule has 1 aliphatic heterocycles. The highest BCUT2D eigenvalue weighted by Gasteiger charge is 2.44. The fourth-order valence-electron chi connectivity index (χ4n) is 3.06. The van der Waals surface area contributed by atoms with Crippen LogP contribution in [0.4, 0.5) is 0 Å². The number of nitrogens with one attached hydrogen (secondary N) is 1. The minimum atomic E-state index is -3.65. The Morgan fingerprint density at radius 2 is 1.66 bits per heavy atom. The minimum Gasteiger partial charge on any atom is -0.462 e. The van der Waals surface area contributed by atoms with Crippen LogP contribution in [-0.4, -0.2) is 73.2 Å². The van der Waals surface area contributed by atoms with Crippen LogP contribution in [0.3, 0.4) is 0 Å². The molecule has 0 saturated carbocycles. The van der Waals surface area contributed by atoms with Gasteiger partial charge in [-0.15, -0.1) is 0 Å². The van der Waals surface area contributed by atoms with Gasteiger partial charge in [0.25, 0.3) is 0 Å². The maximum Gasteiger partial charge on any atom is 0.240 e. The second kappa shape index (κ2) is 8.76. The van der Waals surface area contributed by atoms with E-state index in [4.69, 9.17) is 9.47 Å². The predicted molar refractivity (Wildman–Crippen MR) is 103 cm³/mol. The van der Waals surface area contributed by atoms with Gasteiger partial charge in [0.15, 0.2) is 0 Å². The zero-order valence-corrected chi connectivity index (χ0v) is 16.4. The average molecular weight is 425 g/mol. The topological polar surface area (TPSA) is 146 Å². The first kappa shape index (κ1) is 21.7. The van der Waals surface area contributed by atoms with Gasteiger partial charge in [0.2, 0.25) is 16.3 Å². The van der Waals surface area contributed by atoms with Gasteiger partial charge in [-0.3, -0.25) is 0 Å². The molecule has 9 nitrogen and oxygen atoms in total. The van der Waals surface area contributed by atoms with Crippen LogP contribution in [-0.2, 0) is 14.8 Å². The van der Waals surface area contributed by atoms with Crippen LogP contribution >= 0.6 is 0 Å². The third-order valence-electron chi connectivity index (χ3n) is 4.71. The Balaban J connectivity index is 1.82. The Hall–Kier alpha value is -2.05. The molecule has 3 rings (SSSR count). The van der Waals surface area contributed by atoms with Gasteiger partial charge in [-0.25, -0.2) is 13.1 Å². The largest absolute Gasteiger partial charge is 0.462 e. The monoisotopic (exact) mass is 425 g/mol. The van der Waals surface area contributed by atoms with Gasteiger partial charge < -0.3 is 29.9 Å². The summed E-state index contributed by atoms with van der Waals surface area (Å²) in [5.74, 6) is 0.284. The number of rotatable bonds is 6. The third-order valence-corrected chi connectivity index (χ3v) is 6.18. The summed E-state index contributed by atoms with van der Waals surface area (Å²) >= 11 is 0. The van der Waals surface area contributed by atoms with E-state index in [9.17, 15) is 28.8 Å². The summed E-state index contributed by atoms with van der Waals surface area (Å²) in [6.07, 6.45) is -6.90. The molecule has 0 radical (unpaired) electrons. The van der Waals surface area contributed by atoms with Crippen LogP contribution in [0.1, 0.15) is 0 Å². The summed E-state index contributed by atoms with van der Waals surface area (Å²) < 4.78 is 37.6. The first-order valence-corrected chi connectivity index (χ1v) is 10.4. The smallest absolute Gasteiger partial charge is 0.240 e. The van der Waals surface area contributed by atoms with Crippen LogP contribution in [0, 0.1) is 0 Å². The number of aliphatic hydroxyl groups is 4. The average Bonchev–Trinajstić information content (AvgIpc) is 2.74. The summed E-state index contributed by atoms with van der Waals surface area (Å²) in [4.78, 5) is 0.130. The van der Waals surface area contributed by atoms with E-state index >= 15 is 0 Å².